The Bertz CT molecular complexity index is 366. The van der Waals surface area contributed by atoms with E-state index >= 15 is 0 Å². The third-order valence-electron chi connectivity index (χ3n) is 1.70. The molecule has 5 nitrogen and oxygen atoms in total. The van der Waals surface area contributed by atoms with Crippen LogP contribution in [0.25, 0.3) is 0 Å². The van der Waals surface area contributed by atoms with Crippen LogP contribution in [0.3, 0.4) is 0 Å². The summed E-state index contributed by atoms with van der Waals surface area (Å²) in [6, 6.07) is 5.41. The van der Waals surface area contributed by atoms with Gasteiger partial charge < -0.3 is 10.6 Å². The number of nitrogens with zero attached hydrogens (tertiary/aromatic N) is 2. The van der Waals surface area contributed by atoms with Crippen molar-refractivity contribution in [3.63, 3.8) is 0 Å². The van der Waals surface area contributed by atoms with Crippen molar-refractivity contribution in [3.05, 3.63) is 23.9 Å². The topological polar surface area (TPSA) is 77.8 Å². The summed E-state index contributed by atoms with van der Waals surface area (Å²) >= 11 is 0. The number of pyridine rings is 1. The third kappa shape index (κ3) is 4.09. The van der Waals surface area contributed by atoms with E-state index in [9.17, 15) is 4.79 Å². The molecule has 5 heteroatoms. The number of nitrogens with one attached hydrogen (secondary N) is 2. The summed E-state index contributed by atoms with van der Waals surface area (Å²) in [5.74, 6) is 0.643. The van der Waals surface area contributed by atoms with Crippen molar-refractivity contribution in [1.82, 2.24) is 10.3 Å². The molecule has 0 saturated carbocycles. The number of anilines is 1. The number of amides is 1. The first-order valence-corrected chi connectivity index (χ1v) is 4.57. The molecule has 0 fully saturated rings. The number of carbonyl (C=O) groups is 1. The molecule has 0 aromatic carbocycles. The predicted molar refractivity (Wildman–Crippen MR) is 56.1 cm³/mol. The van der Waals surface area contributed by atoms with E-state index in [0.29, 0.717) is 24.5 Å². The highest BCUT2D eigenvalue weighted by Gasteiger charge is 1.94. The second-order valence-corrected chi connectivity index (χ2v) is 2.95. The minimum absolute atomic E-state index is 0.0513. The lowest BCUT2D eigenvalue weighted by Crippen LogP contribution is -2.26. The van der Waals surface area contributed by atoms with Crippen molar-refractivity contribution in [2.24, 2.45) is 0 Å². The number of hydrogen-bond donors (Lipinski definition) is 2. The van der Waals surface area contributed by atoms with E-state index < -0.39 is 0 Å². The molecule has 1 amide bonds. The maximum Gasteiger partial charge on any atom is 0.216 e. The van der Waals surface area contributed by atoms with Crippen molar-refractivity contribution in [3.8, 4) is 6.07 Å². The molecule has 1 aromatic heterocycles. The van der Waals surface area contributed by atoms with E-state index in [1.165, 1.54) is 13.1 Å². The Morgan fingerprint density at radius 3 is 2.87 bits per heavy atom. The molecule has 0 aliphatic rings. The summed E-state index contributed by atoms with van der Waals surface area (Å²) in [7, 11) is 0. The third-order valence-corrected chi connectivity index (χ3v) is 1.70. The van der Waals surface area contributed by atoms with Gasteiger partial charge in [0.25, 0.3) is 0 Å². The molecule has 0 aliphatic carbocycles. The van der Waals surface area contributed by atoms with Gasteiger partial charge in [0, 0.05) is 26.2 Å². The maximum atomic E-state index is 10.5. The van der Waals surface area contributed by atoms with Gasteiger partial charge in [-0.2, -0.15) is 5.26 Å². The highest BCUT2D eigenvalue weighted by atomic mass is 16.1. The van der Waals surface area contributed by atoms with Gasteiger partial charge in [0.05, 0.1) is 5.56 Å². The van der Waals surface area contributed by atoms with Crippen LogP contribution in [0.4, 0.5) is 5.82 Å². The monoisotopic (exact) mass is 204 g/mol. The average molecular weight is 204 g/mol. The van der Waals surface area contributed by atoms with E-state index in [4.69, 9.17) is 5.26 Å². The Labute approximate surface area is 88.1 Å². The largest absolute Gasteiger partial charge is 0.368 e. The molecule has 0 atom stereocenters. The second-order valence-electron chi connectivity index (χ2n) is 2.95. The van der Waals surface area contributed by atoms with E-state index in [2.05, 4.69) is 15.6 Å². The van der Waals surface area contributed by atoms with E-state index in [1.54, 1.807) is 12.1 Å². The van der Waals surface area contributed by atoms with E-state index in [-0.39, 0.29) is 5.91 Å². The highest BCUT2D eigenvalue weighted by molar-refractivity contribution is 5.72. The lowest BCUT2D eigenvalue weighted by Gasteiger charge is -2.05. The van der Waals surface area contributed by atoms with Crippen LogP contribution in [0.15, 0.2) is 18.3 Å². The van der Waals surface area contributed by atoms with Crippen molar-refractivity contribution in [2.75, 3.05) is 18.4 Å². The van der Waals surface area contributed by atoms with E-state index in [0.717, 1.165) is 0 Å². The first kappa shape index (κ1) is 11.0. The Morgan fingerprint density at radius 2 is 2.33 bits per heavy atom. The fraction of sp³-hybridized carbons (Fsp3) is 0.300. The Balaban J connectivity index is 2.32. The molecule has 0 spiro atoms. The minimum Gasteiger partial charge on any atom is -0.368 e. The molecule has 0 bridgehead atoms. The first-order chi connectivity index (χ1) is 7.22. The van der Waals surface area contributed by atoms with Crippen molar-refractivity contribution >= 4 is 11.7 Å². The standard InChI is InChI=1S/C10H12N4O/c1-8(15)12-4-5-13-10-3-2-9(6-11)7-14-10/h2-3,7H,4-5H2,1H3,(H,12,15)(H,13,14). The zero-order chi connectivity index (χ0) is 11.1. The number of aromatic nitrogens is 1. The Hall–Kier alpha value is -2.09. The minimum atomic E-state index is -0.0513. The van der Waals surface area contributed by atoms with Gasteiger partial charge in [0.15, 0.2) is 0 Å². The van der Waals surface area contributed by atoms with Gasteiger partial charge in [-0.15, -0.1) is 0 Å². The molecule has 15 heavy (non-hydrogen) atoms. The summed E-state index contributed by atoms with van der Waals surface area (Å²) in [6.07, 6.45) is 1.50. The fourth-order valence-electron chi connectivity index (χ4n) is 0.994. The average Bonchev–Trinajstić information content (AvgIpc) is 2.25. The van der Waals surface area contributed by atoms with Gasteiger partial charge in [-0.3, -0.25) is 4.79 Å². The molecule has 2 N–H and O–H groups in total. The molecular formula is C10H12N4O. The van der Waals surface area contributed by atoms with Gasteiger partial charge in [-0.25, -0.2) is 4.98 Å². The number of hydrogen-bond acceptors (Lipinski definition) is 4. The van der Waals surface area contributed by atoms with Gasteiger partial charge in [0.2, 0.25) is 5.91 Å². The van der Waals surface area contributed by atoms with Crippen LogP contribution < -0.4 is 10.6 Å². The molecular weight excluding hydrogens is 192 g/mol. The van der Waals surface area contributed by atoms with Gasteiger partial charge in [-0.1, -0.05) is 0 Å². The molecule has 0 aliphatic heterocycles. The SMILES string of the molecule is CC(=O)NCCNc1ccc(C#N)cn1. The quantitative estimate of drug-likeness (QED) is 0.700. The highest BCUT2D eigenvalue weighted by Crippen LogP contribution is 2.02. The lowest BCUT2D eigenvalue weighted by atomic mass is 10.3. The molecule has 1 heterocycles. The van der Waals surface area contributed by atoms with Crippen LogP contribution >= 0.6 is 0 Å². The van der Waals surface area contributed by atoms with Crippen molar-refractivity contribution in [1.29, 1.82) is 5.26 Å². The zero-order valence-electron chi connectivity index (χ0n) is 8.45. The summed E-state index contributed by atoms with van der Waals surface area (Å²) in [5.41, 5.74) is 0.530. The van der Waals surface area contributed by atoms with Crippen LogP contribution in [0, 0.1) is 11.3 Å². The van der Waals surface area contributed by atoms with Crippen LogP contribution in [-0.2, 0) is 4.79 Å². The zero-order valence-corrected chi connectivity index (χ0v) is 8.45. The van der Waals surface area contributed by atoms with Crippen LogP contribution in [0.2, 0.25) is 0 Å². The van der Waals surface area contributed by atoms with Crippen LogP contribution in [0.5, 0.6) is 0 Å². The van der Waals surface area contributed by atoms with Gasteiger partial charge in [-0.05, 0) is 12.1 Å². The smallest absolute Gasteiger partial charge is 0.216 e. The Morgan fingerprint density at radius 1 is 1.53 bits per heavy atom. The number of rotatable bonds is 4. The van der Waals surface area contributed by atoms with E-state index in [1.807, 2.05) is 6.07 Å². The van der Waals surface area contributed by atoms with Gasteiger partial charge in [0.1, 0.15) is 11.9 Å². The number of nitriles is 1. The molecule has 0 saturated heterocycles. The molecule has 0 unspecified atom stereocenters. The molecule has 1 rings (SSSR count). The fourth-order valence-corrected chi connectivity index (χ4v) is 0.994. The predicted octanol–water partition coefficient (Wildman–Crippen LogP) is 0.501. The lowest BCUT2D eigenvalue weighted by molar-refractivity contribution is -0.118. The van der Waals surface area contributed by atoms with Crippen LogP contribution in [-0.4, -0.2) is 24.0 Å². The Kier molecular flexibility index (Phi) is 4.10. The van der Waals surface area contributed by atoms with Crippen molar-refractivity contribution in [2.45, 2.75) is 6.92 Å². The molecule has 78 valence electrons. The second kappa shape index (κ2) is 5.60. The summed E-state index contributed by atoms with van der Waals surface area (Å²) in [4.78, 5) is 14.6. The summed E-state index contributed by atoms with van der Waals surface area (Å²) in [6.45, 7) is 2.63. The molecule has 1 aromatic rings. The molecule has 0 radical (unpaired) electrons. The number of carbonyl (C=O) groups excluding carboxylic acids is 1. The maximum absolute atomic E-state index is 10.5. The first-order valence-electron chi connectivity index (χ1n) is 4.57. The van der Waals surface area contributed by atoms with Crippen molar-refractivity contribution < 1.29 is 4.79 Å². The van der Waals surface area contributed by atoms with Gasteiger partial charge >= 0.3 is 0 Å². The van der Waals surface area contributed by atoms with Crippen LogP contribution in [0.1, 0.15) is 12.5 Å². The normalized spacial score (nSPS) is 9.07. The summed E-state index contributed by atoms with van der Waals surface area (Å²) in [5, 5.41) is 14.2. The summed E-state index contributed by atoms with van der Waals surface area (Å²) < 4.78 is 0.